The lowest BCUT2D eigenvalue weighted by molar-refractivity contribution is 0.0710. The molecule has 0 saturated carbocycles. The van der Waals surface area contributed by atoms with Gasteiger partial charge in [-0.1, -0.05) is 48.5 Å². The fourth-order valence-electron chi connectivity index (χ4n) is 4.54. The van der Waals surface area contributed by atoms with Gasteiger partial charge in [-0.15, -0.1) is 11.3 Å². The second kappa shape index (κ2) is 10.9. The topological polar surface area (TPSA) is 109 Å². The zero-order chi connectivity index (χ0) is 28.5. The number of hydrogen-bond donors (Lipinski definition) is 1. The first-order valence-corrected chi connectivity index (χ1v) is 13.2. The number of thiophene rings is 1. The van der Waals surface area contributed by atoms with Gasteiger partial charge in [0.05, 0.1) is 23.9 Å². The van der Waals surface area contributed by atoms with Gasteiger partial charge in [0.2, 0.25) is 0 Å². The summed E-state index contributed by atoms with van der Waals surface area (Å²) >= 11 is 1.15. The molecule has 1 N–H and O–H groups in total. The van der Waals surface area contributed by atoms with Gasteiger partial charge >= 0.3 is 6.09 Å². The first-order chi connectivity index (χ1) is 18.5. The van der Waals surface area contributed by atoms with Gasteiger partial charge in [0, 0.05) is 36.6 Å². The maximum Gasteiger partial charge on any atom is 0.407 e. The fraction of sp³-hybridized carbons (Fsp3) is 0.310. The van der Waals surface area contributed by atoms with E-state index in [1.807, 2.05) is 18.2 Å². The van der Waals surface area contributed by atoms with Crippen molar-refractivity contribution in [3.8, 4) is 5.75 Å². The van der Waals surface area contributed by atoms with Crippen LogP contribution in [0.3, 0.4) is 0 Å². The normalized spacial score (nSPS) is 11.5. The SMILES string of the molecule is COc1c(C(=O)N(C)CCN(C(=O)O)C(C)(C)C)sc2c1c(=O)n(CC(=O)c1ccccc1)c1ccccc21. The van der Waals surface area contributed by atoms with Crippen LogP contribution in [0, 0.1) is 0 Å². The van der Waals surface area contributed by atoms with E-state index in [-0.39, 0.29) is 47.3 Å². The first kappa shape index (κ1) is 27.8. The zero-order valence-electron chi connectivity index (χ0n) is 22.6. The lowest BCUT2D eigenvalue weighted by Crippen LogP contribution is -2.48. The van der Waals surface area contributed by atoms with Crippen LogP contribution in [-0.4, -0.2) is 70.0 Å². The van der Waals surface area contributed by atoms with Crippen LogP contribution < -0.4 is 10.3 Å². The van der Waals surface area contributed by atoms with Crippen LogP contribution in [-0.2, 0) is 6.54 Å². The molecule has 0 aliphatic heterocycles. The number of carbonyl (C=O) groups is 3. The van der Waals surface area contributed by atoms with Crippen molar-refractivity contribution in [3.63, 3.8) is 0 Å². The summed E-state index contributed by atoms with van der Waals surface area (Å²) in [4.78, 5) is 55.1. The molecule has 2 amide bonds. The standard InChI is InChI=1S/C29H31N3O6S/c1-29(2,3)32(28(36)37)16-15-30(4)27(35)25-23(38-5)22-24(39-25)19-13-9-10-14-20(19)31(26(22)34)17-21(33)18-11-7-6-8-12-18/h6-14H,15-17H2,1-5H3,(H,36,37). The molecule has 0 aliphatic rings. The van der Waals surface area contributed by atoms with E-state index in [0.29, 0.717) is 15.8 Å². The number of Topliss-reactive ketones (excluding diaryl/α,β-unsaturated/α-hetero) is 1. The zero-order valence-corrected chi connectivity index (χ0v) is 23.4. The Hall–Kier alpha value is -4.18. The molecule has 0 atom stereocenters. The summed E-state index contributed by atoms with van der Waals surface area (Å²) in [6.07, 6.45) is -1.07. The molecule has 0 fully saturated rings. The van der Waals surface area contributed by atoms with Crippen molar-refractivity contribution >= 4 is 50.1 Å². The van der Waals surface area contributed by atoms with Crippen molar-refractivity contribution in [2.45, 2.75) is 32.9 Å². The lowest BCUT2D eigenvalue weighted by Gasteiger charge is -2.34. The van der Waals surface area contributed by atoms with Crippen molar-refractivity contribution < 1.29 is 24.2 Å². The van der Waals surface area contributed by atoms with Crippen molar-refractivity contribution in [2.75, 3.05) is 27.2 Å². The summed E-state index contributed by atoms with van der Waals surface area (Å²) in [6, 6.07) is 16.0. The number of ether oxygens (including phenoxy) is 1. The highest BCUT2D eigenvalue weighted by molar-refractivity contribution is 7.22. The summed E-state index contributed by atoms with van der Waals surface area (Å²) in [6.45, 7) is 5.46. The Balaban J connectivity index is 1.78. The third-order valence-electron chi connectivity index (χ3n) is 6.61. The Kier molecular flexibility index (Phi) is 7.78. The minimum absolute atomic E-state index is 0.117. The minimum atomic E-state index is -1.07. The molecular weight excluding hydrogens is 518 g/mol. The van der Waals surface area contributed by atoms with Gasteiger partial charge in [0.25, 0.3) is 11.5 Å². The molecule has 0 spiro atoms. The molecule has 0 aliphatic carbocycles. The van der Waals surface area contributed by atoms with E-state index in [0.717, 1.165) is 16.7 Å². The molecule has 2 aromatic carbocycles. The smallest absolute Gasteiger partial charge is 0.407 e. The molecular formula is C29H31N3O6S. The lowest BCUT2D eigenvalue weighted by atomic mass is 10.1. The van der Waals surface area contributed by atoms with Crippen LogP contribution in [0.15, 0.2) is 59.4 Å². The number of carboxylic acid groups (broad SMARTS) is 1. The van der Waals surface area contributed by atoms with Crippen LogP contribution in [0.4, 0.5) is 4.79 Å². The van der Waals surface area contributed by atoms with Crippen molar-refractivity contribution in [2.24, 2.45) is 0 Å². The molecule has 9 nitrogen and oxygen atoms in total. The van der Waals surface area contributed by atoms with E-state index in [1.54, 1.807) is 64.2 Å². The number of ketones is 1. The summed E-state index contributed by atoms with van der Waals surface area (Å²) in [5.74, 6) is -0.452. The predicted molar refractivity (Wildman–Crippen MR) is 152 cm³/mol. The van der Waals surface area contributed by atoms with Gasteiger partial charge in [-0.2, -0.15) is 0 Å². The third kappa shape index (κ3) is 5.37. The first-order valence-electron chi connectivity index (χ1n) is 12.4. The molecule has 204 valence electrons. The Morgan fingerprint density at radius 1 is 1.00 bits per heavy atom. The molecule has 10 heteroatoms. The second-order valence-electron chi connectivity index (χ2n) is 10.2. The van der Waals surface area contributed by atoms with E-state index in [4.69, 9.17) is 4.74 Å². The molecule has 0 unspecified atom stereocenters. The number of nitrogens with zero attached hydrogens (tertiary/aromatic N) is 3. The van der Waals surface area contributed by atoms with Crippen LogP contribution >= 0.6 is 11.3 Å². The van der Waals surface area contributed by atoms with Crippen molar-refractivity contribution in [3.05, 3.63) is 75.4 Å². The molecule has 39 heavy (non-hydrogen) atoms. The van der Waals surface area contributed by atoms with Gasteiger partial charge in [-0.05, 0) is 26.8 Å². The molecule has 4 aromatic rings. The number of rotatable bonds is 8. The molecule has 2 aromatic heterocycles. The number of pyridine rings is 1. The highest BCUT2D eigenvalue weighted by atomic mass is 32.1. The van der Waals surface area contributed by atoms with Gasteiger partial charge in [0.1, 0.15) is 10.3 Å². The van der Waals surface area contributed by atoms with Gasteiger partial charge in [-0.25, -0.2) is 4.79 Å². The number of benzene rings is 2. The number of aromatic nitrogens is 1. The Morgan fingerprint density at radius 3 is 2.26 bits per heavy atom. The maximum absolute atomic E-state index is 13.8. The fourth-order valence-corrected chi connectivity index (χ4v) is 5.83. The molecule has 0 radical (unpaired) electrons. The van der Waals surface area contributed by atoms with Crippen LogP contribution in [0.5, 0.6) is 5.75 Å². The van der Waals surface area contributed by atoms with E-state index in [9.17, 15) is 24.3 Å². The maximum atomic E-state index is 13.8. The van der Waals surface area contributed by atoms with Crippen LogP contribution in [0.1, 0.15) is 40.8 Å². The van der Waals surface area contributed by atoms with Gasteiger partial charge in [0.15, 0.2) is 11.5 Å². The highest BCUT2D eigenvalue weighted by Gasteiger charge is 2.29. The number of para-hydroxylation sites is 1. The van der Waals surface area contributed by atoms with Gasteiger partial charge < -0.3 is 19.6 Å². The number of methoxy groups -OCH3 is 1. The summed E-state index contributed by atoms with van der Waals surface area (Å²) in [7, 11) is 2.99. The van der Waals surface area contributed by atoms with E-state index in [1.165, 1.54) is 21.5 Å². The third-order valence-corrected chi connectivity index (χ3v) is 7.80. The Bertz CT molecular complexity index is 1620. The van der Waals surface area contributed by atoms with Crippen molar-refractivity contribution in [1.29, 1.82) is 0 Å². The number of carbonyl (C=O) groups excluding carboxylic acids is 2. The Morgan fingerprint density at radius 2 is 1.64 bits per heavy atom. The van der Waals surface area contributed by atoms with Crippen molar-refractivity contribution in [1.82, 2.24) is 14.4 Å². The average molecular weight is 550 g/mol. The van der Waals surface area contributed by atoms with E-state index >= 15 is 0 Å². The molecule has 0 saturated heterocycles. The van der Waals surface area contributed by atoms with Crippen LogP contribution in [0.25, 0.3) is 21.0 Å². The van der Waals surface area contributed by atoms with Gasteiger partial charge in [-0.3, -0.25) is 19.0 Å². The van der Waals surface area contributed by atoms with Crippen LogP contribution in [0.2, 0.25) is 0 Å². The monoisotopic (exact) mass is 549 g/mol. The number of likely N-dealkylation sites (N-methyl/N-ethyl adjacent to an activating group) is 1. The minimum Gasteiger partial charge on any atom is -0.494 e. The summed E-state index contributed by atoms with van der Waals surface area (Å²) < 4.78 is 7.64. The molecule has 4 rings (SSSR count). The number of fused-ring (bicyclic) bond motifs is 3. The molecule has 2 heterocycles. The average Bonchev–Trinajstić information content (AvgIpc) is 3.30. The second-order valence-corrected chi connectivity index (χ2v) is 11.2. The summed E-state index contributed by atoms with van der Waals surface area (Å²) in [5, 5.41) is 10.6. The largest absolute Gasteiger partial charge is 0.494 e. The van der Waals surface area contributed by atoms with E-state index in [2.05, 4.69) is 0 Å². The molecule has 0 bridgehead atoms. The predicted octanol–water partition coefficient (Wildman–Crippen LogP) is 4.96. The summed E-state index contributed by atoms with van der Waals surface area (Å²) in [5.41, 5.74) is 0.0195. The van der Waals surface area contributed by atoms with E-state index < -0.39 is 17.2 Å². The number of hydrogen-bond acceptors (Lipinski definition) is 6. The quantitative estimate of drug-likeness (QED) is 0.311. The number of amides is 2. The Labute approximate surface area is 229 Å². The highest BCUT2D eigenvalue weighted by Crippen LogP contribution is 2.40.